The summed E-state index contributed by atoms with van der Waals surface area (Å²) in [5, 5.41) is 11.6. The molecule has 5 nitrogen and oxygen atoms in total. The largest absolute Gasteiger partial charge is 0.478 e. The van der Waals surface area contributed by atoms with Gasteiger partial charge in [0.1, 0.15) is 0 Å². The van der Waals surface area contributed by atoms with Gasteiger partial charge in [0.25, 0.3) is 5.91 Å². The second-order valence-corrected chi connectivity index (χ2v) is 4.84. The average molecular weight is 338 g/mol. The van der Waals surface area contributed by atoms with Crippen LogP contribution in [0.2, 0.25) is 0 Å². The van der Waals surface area contributed by atoms with Crippen LogP contribution in [0.4, 0.5) is 0 Å². The molecule has 6 heteroatoms. The van der Waals surface area contributed by atoms with Crippen LogP contribution in [0.15, 0.2) is 45.7 Å². The van der Waals surface area contributed by atoms with Crippen LogP contribution in [0, 0.1) is 0 Å². The Balaban J connectivity index is 1.85. The smallest absolute Gasteiger partial charge is 0.335 e. The lowest BCUT2D eigenvalue weighted by molar-refractivity contribution is 0.0696. The summed E-state index contributed by atoms with van der Waals surface area (Å²) < 4.78 is 5.39. The lowest BCUT2D eigenvalue weighted by Gasteiger charge is -2.04. The van der Waals surface area contributed by atoms with E-state index in [1.165, 1.54) is 6.26 Å². The number of hydrogen-bond acceptors (Lipinski definition) is 3. The molecule has 0 fully saturated rings. The average Bonchev–Trinajstić information content (AvgIpc) is 2.85. The molecule has 0 radical (unpaired) electrons. The van der Waals surface area contributed by atoms with Gasteiger partial charge < -0.3 is 14.8 Å². The summed E-state index contributed by atoms with van der Waals surface area (Å²) in [7, 11) is 0. The predicted octanol–water partition coefficient (Wildman–Crippen LogP) is 2.71. The SMILES string of the molecule is O=C(O)c1ccc(CCNC(=O)c2ccoc2Br)cc1. The molecular formula is C14H12BrNO4. The van der Waals surface area contributed by atoms with Crippen molar-refractivity contribution in [3.8, 4) is 0 Å². The molecular weight excluding hydrogens is 326 g/mol. The van der Waals surface area contributed by atoms with Crippen molar-refractivity contribution in [1.29, 1.82) is 0 Å². The number of nitrogens with one attached hydrogen (secondary N) is 1. The molecule has 0 aliphatic rings. The molecule has 1 heterocycles. The number of halogens is 1. The van der Waals surface area contributed by atoms with E-state index >= 15 is 0 Å². The van der Waals surface area contributed by atoms with Crippen LogP contribution in [0.5, 0.6) is 0 Å². The van der Waals surface area contributed by atoms with Crippen LogP contribution in [0.25, 0.3) is 0 Å². The Morgan fingerprint density at radius 1 is 1.20 bits per heavy atom. The highest BCUT2D eigenvalue weighted by atomic mass is 79.9. The molecule has 1 aromatic carbocycles. The molecule has 0 saturated heterocycles. The highest BCUT2D eigenvalue weighted by molar-refractivity contribution is 9.10. The molecule has 2 N–H and O–H groups in total. The van der Waals surface area contributed by atoms with Crippen molar-refractivity contribution < 1.29 is 19.1 Å². The molecule has 0 bridgehead atoms. The third kappa shape index (κ3) is 3.48. The minimum absolute atomic E-state index is 0.215. The van der Waals surface area contributed by atoms with E-state index in [0.29, 0.717) is 23.2 Å². The van der Waals surface area contributed by atoms with E-state index in [0.717, 1.165) is 5.56 Å². The van der Waals surface area contributed by atoms with Crippen molar-refractivity contribution in [1.82, 2.24) is 5.32 Å². The van der Waals surface area contributed by atoms with Gasteiger partial charge in [-0.25, -0.2) is 4.79 Å². The summed E-state index contributed by atoms with van der Waals surface area (Å²) in [6.45, 7) is 0.461. The molecule has 104 valence electrons. The van der Waals surface area contributed by atoms with Crippen LogP contribution in [-0.4, -0.2) is 23.5 Å². The van der Waals surface area contributed by atoms with Crippen molar-refractivity contribution in [3.05, 3.63) is 58.0 Å². The van der Waals surface area contributed by atoms with E-state index < -0.39 is 5.97 Å². The number of aromatic carboxylic acids is 1. The van der Waals surface area contributed by atoms with E-state index in [9.17, 15) is 9.59 Å². The molecule has 0 saturated carbocycles. The van der Waals surface area contributed by atoms with Gasteiger partial charge in [0.05, 0.1) is 17.4 Å². The van der Waals surface area contributed by atoms with Gasteiger partial charge in [-0.3, -0.25) is 4.79 Å². The quantitative estimate of drug-likeness (QED) is 0.879. The van der Waals surface area contributed by atoms with Crippen molar-refractivity contribution in [2.45, 2.75) is 6.42 Å². The maximum Gasteiger partial charge on any atom is 0.335 e. The number of amides is 1. The van der Waals surface area contributed by atoms with Gasteiger partial charge in [-0.1, -0.05) is 12.1 Å². The highest BCUT2D eigenvalue weighted by Gasteiger charge is 2.11. The molecule has 20 heavy (non-hydrogen) atoms. The van der Waals surface area contributed by atoms with Gasteiger partial charge in [0.2, 0.25) is 0 Å². The number of furan rings is 1. The predicted molar refractivity (Wildman–Crippen MR) is 75.8 cm³/mol. The van der Waals surface area contributed by atoms with Crippen LogP contribution >= 0.6 is 15.9 Å². The monoisotopic (exact) mass is 337 g/mol. The fourth-order valence-corrected chi connectivity index (χ4v) is 2.11. The first-order chi connectivity index (χ1) is 9.58. The Hall–Kier alpha value is -2.08. The molecule has 2 rings (SSSR count). The minimum atomic E-state index is -0.949. The second-order valence-electron chi connectivity index (χ2n) is 4.12. The Morgan fingerprint density at radius 2 is 1.90 bits per heavy atom. The fourth-order valence-electron chi connectivity index (χ4n) is 1.69. The molecule has 0 aliphatic heterocycles. The van der Waals surface area contributed by atoms with Gasteiger partial charge in [0.15, 0.2) is 4.67 Å². The first kappa shape index (κ1) is 14.3. The standard InChI is InChI=1S/C14H12BrNO4/c15-12-11(6-8-20-12)13(17)16-7-5-9-1-3-10(4-2-9)14(18)19/h1-4,6,8H,5,7H2,(H,16,17)(H,18,19). The van der Waals surface area contributed by atoms with Gasteiger partial charge in [0, 0.05) is 6.54 Å². The molecule has 2 aromatic rings. The molecule has 0 unspecified atom stereocenters. The number of rotatable bonds is 5. The number of carboxylic acids is 1. The third-order valence-corrected chi connectivity index (χ3v) is 3.38. The van der Waals surface area contributed by atoms with E-state index in [1.54, 1.807) is 30.3 Å². The summed E-state index contributed by atoms with van der Waals surface area (Å²) in [6.07, 6.45) is 2.06. The van der Waals surface area contributed by atoms with E-state index in [-0.39, 0.29) is 11.5 Å². The molecule has 0 aliphatic carbocycles. The summed E-state index contributed by atoms with van der Waals surface area (Å²) in [4.78, 5) is 22.5. The van der Waals surface area contributed by atoms with Crippen LogP contribution < -0.4 is 5.32 Å². The summed E-state index contributed by atoms with van der Waals surface area (Å²) >= 11 is 3.14. The Morgan fingerprint density at radius 3 is 2.45 bits per heavy atom. The maximum absolute atomic E-state index is 11.8. The lowest BCUT2D eigenvalue weighted by Crippen LogP contribution is -2.25. The van der Waals surface area contributed by atoms with Gasteiger partial charge >= 0.3 is 5.97 Å². The van der Waals surface area contributed by atoms with Crippen molar-refractivity contribution in [3.63, 3.8) is 0 Å². The van der Waals surface area contributed by atoms with Crippen LogP contribution in [0.3, 0.4) is 0 Å². The molecule has 1 aromatic heterocycles. The van der Waals surface area contributed by atoms with Gasteiger partial charge in [-0.2, -0.15) is 0 Å². The summed E-state index contributed by atoms with van der Waals surface area (Å²) in [6, 6.07) is 8.16. The Bertz CT molecular complexity index is 618. The number of hydrogen-bond donors (Lipinski definition) is 2. The lowest BCUT2D eigenvalue weighted by atomic mass is 10.1. The van der Waals surface area contributed by atoms with Crippen LogP contribution in [-0.2, 0) is 6.42 Å². The zero-order valence-corrected chi connectivity index (χ0v) is 12.0. The maximum atomic E-state index is 11.8. The normalized spacial score (nSPS) is 10.2. The summed E-state index contributed by atoms with van der Waals surface area (Å²) in [5.41, 5.74) is 1.66. The first-order valence-corrected chi connectivity index (χ1v) is 6.70. The van der Waals surface area contributed by atoms with E-state index in [1.807, 2.05) is 0 Å². The number of benzene rings is 1. The number of carbonyl (C=O) groups excluding carboxylic acids is 1. The Kier molecular flexibility index (Phi) is 4.57. The molecule has 0 atom stereocenters. The van der Waals surface area contributed by atoms with E-state index in [4.69, 9.17) is 9.52 Å². The Labute approximate surface area is 123 Å². The van der Waals surface area contributed by atoms with Crippen LogP contribution in [0.1, 0.15) is 26.3 Å². The van der Waals surface area contributed by atoms with Crippen molar-refractivity contribution >= 4 is 27.8 Å². The van der Waals surface area contributed by atoms with Crippen molar-refractivity contribution in [2.75, 3.05) is 6.54 Å². The zero-order valence-electron chi connectivity index (χ0n) is 10.4. The molecule has 1 amide bonds. The zero-order chi connectivity index (χ0) is 14.5. The minimum Gasteiger partial charge on any atom is -0.478 e. The van der Waals surface area contributed by atoms with Gasteiger partial charge in [-0.05, 0) is 46.1 Å². The van der Waals surface area contributed by atoms with E-state index in [2.05, 4.69) is 21.2 Å². The topological polar surface area (TPSA) is 79.5 Å². The summed E-state index contributed by atoms with van der Waals surface area (Å²) in [5.74, 6) is -1.16. The fraction of sp³-hybridized carbons (Fsp3) is 0.143. The third-order valence-electron chi connectivity index (χ3n) is 2.76. The number of carboxylic acid groups (broad SMARTS) is 1. The van der Waals surface area contributed by atoms with Crippen molar-refractivity contribution in [2.24, 2.45) is 0 Å². The first-order valence-electron chi connectivity index (χ1n) is 5.91. The highest BCUT2D eigenvalue weighted by Crippen LogP contribution is 2.17. The number of carbonyl (C=O) groups is 2. The molecule has 0 spiro atoms. The second kappa shape index (κ2) is 6.38. The van der Waals surface area contributed by atoms with Gasteiger partial charge in [-0.15, -0.1) is 0 Å².